The fraction of sp³-hybridized carbons (Fsp3) is 0.562. The van der Waals surface area contributed by atoms with Crippen LogP contribution in [-0.4, -0.2) is 80.6 Å². The average molecular weight is 660 g/mol. The van der Waals surface area contributed by atoms with Crippen LogP contribution >= 0.6 is 0 Å². The maximum Gasteiger partial charge on any atom is 0.408 e. The van der Waals surface area contributed by atoms with Gasteiger partial charge in [0.15, 0.2) is 23.7 Å². The monoisotopic (exact) mass is 659 g/mol. The van der Waals surface area contributed by atoms with E-state index in [-0.39, 0.29) is 38.2 Å². The molecule has 2 amide bonds. The van der Waals surface area contributed by atoms with Crippen LogP contribution in [0.15, 0.2) is 48.1 Å². The summed E-state index contributed by atoms with van der Waals surface area (Å²) in [4.78, 5) is 64.8. The number of alkyl halides is 1. The first-order valence-electron chi connectivity index (χ1n) is 15.3. The molecule has 3 saturated carbocycles. The highest BCUT2D eigenvalue weighted by Crippen LogP contribution is 2.69. The molecule has 8 atom stereocenters. The summed E-state index contributed by atoms with van der Waals surface area (Å²) in [5.41, 5.74) is -5.75. The number of rotatable bonds is 10. The predicted octanol–water partition coefficient (Wildman–Crippen LogP) is 1.38. The summed E-state index contributed by atoms with van der Waals surface area (Å²) in [6.45, 7) is 1.46. The van der Waals surface area contributed by atoms with Crippen LogP contribution in [0, 0.1) is 32.8 Å². The summed E-state index contributed by atoms with van der Waals surface area (Å²) in [6, 6.07) is 6.52. The normalized spacial score (nSPS) is 35.4. The molecular weight excluding hydrogens is 621 g/mol. The van der Waals surface area contributed by atoms with Crippen LogP contribution in [0.5, 0.6) is 0 Å². The van der Waals surface area contributed by atoms with E-state index in [1.165, 1.54) is 25.2 Å². The Kier molecular flexibility index (Phi) is 9.03. The number of amides is 2. The Labute approximate surface area is 269 Å². The zero-order chi connectivity index (χ0) is 34.4. The number of hydrogen-bond donors (Lipinski definition) is 5. The van der Waals surface area contributed by atoms with Crippen LogP contribution in [-0.2, 0) is 37.1 Å². The summed E-state index contributed by atoms with van der Waals surface area (Å²) >= 11 is 0. The van der Waals surface area contributed by atoms with Gasteiger partial charge in [0.1, 0.15) is 13.2 Å². The third-order valence-corrected chi connectivity index (χ3v) is 10.8. The number of fused-ring (bicyclic) bond motifs is 5. The van der Waals surface area contributed by atoms with Crippen molar-refractivity contribution in [3.63, 3.8) is 0 Å². The van der Waals surface area contributed by atoms with E-state index in [9.17, 15) is 44.6 Å². The Morgan fingerprint density at radius 1 is 1.13 bits per heavy atom. The van der Waals surface area contributed by atoms with Gasteiger partial charge < -0.3 is 35.5 Å². The van der Waals surface area contributed by atoms with Crippen LogP contribution in [0.2, 0.25) is 0 Å². The van der Waals surface area contributed by atoms with Gasteiger partial charge in [-0.1, -0.05) is 42.8 Å². The number of carbonyl (C=O) groups excluding carboxylic acids is 4. The van der Waals surface area contributed by atoms with Crippen molar-refractivity contribution in [2.45, 2.75) is 76.2 Å². The van der Waals surface area contributed by atoms with E-state index in [1.807, 2.05) is 0 Å². The number of hydrogen-bond acceptors (Lipinski definition) is 11. The number of aliphatic hydroxyl groups is 3. The van der Waals surface area contributed by atoms with Crippen LogP contribution in [0.1, 0.15) is 50.7 Å². The highest BCUT2D eigenvalue weighted by molar-refractivity contribution is 6.01. The summed E-state index contributed by atoms with van der Waals surface area (Å²) in [6.07, 6.45) is -0.164. The van der Waals surface area contributed by atoms with Crippen molar-refractivity contribution in [2.75, 3.05) is 13.2 Å². The number of allylic oxidation sites excluding steroid dienone is 4. The summed E-state index contributed by atoms with van der Waals surface area (Å²) in [5.74, 6) is -3.47. The molecule has 14 nitrogen and oxygen atoms in total. The molecule has 0 radical (unpaired) electrons. The van der Waals surface area contributed by atoms with Crippen LogP contribution < -0.4 is 10.6 Å². The van der Waals surface area contributed by atoms with Gasteiger partial charge in [-0.2, -0.15) is 0 Å². The molecule has 5 N–H and O–H groups in total. The third-order valence-electron chi connectivity index (χ3n) is 10.8. The number of carbonyl (C=O) groups is 4. The van der Waals surface area contributed by atoms with Crippen LogP contribution in [0.4, 0.5) is 9.18 Å². The molecule has 4 aliphatic rings. The molecule has 0 heterocycles. The highest BCUT2D eigenvalue weighted by atomic mass is 19.1. The maximum absolute atomic E-state index is 17.2. The summed E-state index contributed by atoms with van der Waals surface area (Å²) in [5, 5.41) is 48.4. The molecule has 0 aromatic heterocycles. The van der Waals surface area contributed by atoms with Gasteiger partial charge >= 0.3 is 6.09 Å². The van der Waals surface area contributed by atoms with Gasteiger partial charge in [0.2, 0.25) is 11.7 Å². The van der Waals surface area contributed by atoms with E-state index in [4.69, 9.17) is 4.74 Å². The minimum Gasteiger partial charge on any atom is -0.441 e. The number of Topliss-reactive ketones (excluding diaryl/α,β-unsaturated/α-hetero) is 1. The molecule has 1 aromatic rings. The highest BCUT2D eigenvalue weighted by Gasteiger charge is 2.76. The van der Waals surface area contributed by atoms with Gasteiger partial charge in [0, 0.05) is 23.3 Å². The van der Waals surface area contributed by atoms with Crippen molar-refractivity contribution < 1.29 is 53.5 Å². The molecule has 47 heavy (non-hydrogen) atoms. The first-order valence-corrected chi connectivity index (χ1v) is 15.3. The van der Waals surface area contributed by atoms with Gasteiger partial charge in [0.25, 0.3) is 5.09 Å². The minimum absolute atomic E-state index is 0.0448. The molecule has 5 rings (SSSR count). The Balaban J connectivity index is 1.17. The average Bonchev–Trinajstić information content (AvgIpc) is 3.23. The van der Waals surface area contributed by atoms with E-state index < -0.39 is 82.2 Å². The summed E-state index contributed by atoms with van der Waals surface area (Å²) in [7, 11) is 0. The smallest absolute Gasteiger partial charge is 0.408 e. The molecule has 0 bridgehead atoms. The SMILES string of the molecule is C[C@]12C=CC(=O)C=C1CC[C@H]1[C@@H]3C[C@@H](O)[C@](O)(C(=O)COC(=O)NCC(=O)NCc4cccc(CO[N+](=O)[O-])c4)[C@@]3(C)C[C@H](O)[C@@]12F. The number of nitrogens with zero attached hydrogens (tertiary/aromatic N) is 1. The molecular formula is C32H38FN3O11. The van der Waals surface area contributed by atoms with Gasteiger partial charge in [-0.3, -0.25) is 14.4 Å². The zero-order valence-corrected chi connectivity index (χ0v) is 25.9. The molecule has 0 aliphatic heterocycles. The van der Waals surface area contributed by atoms with Crippen molar-refractivity contribution in [2.24, 2.45) is 22.7 Å². The molecule has 1 aromatic carbocycles. The van der Waals surface area contributed by atoms with Crippen molar-refractivity contribution in [3.8, 4) is 0 Å². The minimum atomic E-state index is -2.47. The molecule has 3 fully saturated rings. The standard InChI is InChI=1S/C32H38FN3O11/c1-29-9-8-21(37)11-20(29)6-7-22-23-12-24(38)32(43,30(23,2)13-25(39)31(22,29)33)26(40)17-46-28(42)35-15-27(41)34-14-18-4-3-5-19(10-18)16-47-36(44)45/h3-5,8-11,22-25,38-39,43H,6-7,12-17H2,1-2H3,(H,34,41)(H,35,42)/t22-,23-,24+,25-,29-,30-,31-,32-/m0/s1. The molecule has 0 spiro atoms. The second-order valence-corrected chi connectivity index (χ2v) is 13.2. The van der Waals surface area contributed by atoms with Gasteiger partial charge in [-0.25, -0.2) is 9.18 Å². The Bertz CT molecular complexity index is 1550. The van der Waals surface area contributed by atoms with Crippen LogP contribution in [0.25, 0.3) is 0 Å². The van der Waals surface area contributed by atoms with E-state index in [2.05, 4.69) is 15.5 Å². The number of halogens is 1. The van der Waals surface area contributed by atoms with E-state index in [0.29, 0.717) is 23.1 Å². The van der Waals surface area contributed by atoms with Gasteiger partial charge in [-0.05, 0) is 61.8 Å². The Morgan fingerprint density at radius 3 is 2.57 bits per heavy atom. The van der Waals surface area contributed by atoms with E-state index >= 15 is 4.39 Å². The van der Waals surface area contributed by atoms with Gasteiger partial charge in [0.05, 0.1) is 12.2 Å². The molecule has 4 aliphatic carbocycles. The molecule has 15 heteroatoms. The lowest BCUT2D eigenvalue weighted by atomic mass is 9.44. The number of ether oxygens (including phenoxy) is 1. The van der Waals surface area contributed by atoms with Crippen LogP contribution in [0.3, 0.4) is 0 Å². The van der Waals surface area contributed by atoms with Crippen molar-refractivity contribution in [1.82, 2.24) is 10.6 Å². The largest absolute Gasteiger partial charge is 0.441 e. The molecule has 254 valence electrons. The number of alkyl carbamates (subject to hydrolysis) is 1. The number of nitrogens with one attached hydrogen (secondary N) is 2. The second-order valence-electron chi connectivity index (χ2n) is 13.2. The van der Waals surface area contributed by atoms with Crippen molar-refractivity contribution in [1.29, 1.82) is 0 Å². The molecule has 0 saturated heterocycles. The Hall–Kier alpha value is -4.21. The van der Waals surface area contributed by atoms with E-state index in [1.54, 1.807) is 31.2 Å². The van der Waals surface area contributed by atoms with E-state index in [0.717, 1.165) is 0 Å². The predicted molar refractivity (Wildman–Crippen MR) is 159 cm³/mol. The first kappa shape index (κ1) is 34.1. The van der Waals surface area contributed by atoms with Gasteiger partial charge in [-0.15, -0.1) is 10.1 Å². The fourth-order valence-corrected chi connectivity index (χ4v) is 8.39. The molecule has 0 unspecified atom stereocenters. The number of ketones is 2. The maximum atomic E-state index is 17.2. The lowest BCUT2D eigenvalue weighted by Crippen LogP contribution is -2.69. The summed E-state index contributed by atoms with van der Waals surface area (Å²) < 4.78 is 22.2. The Morgan fingerprint density at radius 2 is 1.85 bits per heavy atom. The number of aliphatic hydroxyl groups excluding tert-OH is 2. The first-order chi connectivity index (χ1) is 22.1. The lowest BCUT2D eigenvalue weighted by molar-refractivity contribution is -0.763. The fourth-order valence-electron chi connectivity index (χ4n) is 8.39. The van der Waals surface area contributed by atoms with Crippen molar-refractivity contribution in [3.05, 3.63) is 69.3 Å². The van der Waals surface area contributed by atoms with Crippen molar-refractivity contribution >= 4 is 23.6 Å². The second kappa shape index (κ2) is 12.4. The quantitative estimate of drug-likeness (QED) is 0.179. The topological polar surface area (TPSA) is 215 Å². The third kappa shape index (κ3) is 5.69. The lowest BCUT2D eigenvalue weighted by Gasteiger charge is -2.62. The number of benzene rings is 1. The zero-order valence-electron chi connectivity index (χ0n) is 25.9.